The van der Waals surface area contributed by atoms with Gasteiger partial charge < -0.3 is 14.8 Å². The van der Waals surface area contributed by atoms with Crippen LogP contribution in [0.3, 0.4) is 0 Å². The Labute approximate surface area is 109 Å². The predicted octanol–water partition coefficient (Wildman–Crippen LogP) is 1.54. The third-order valence-electron chi connectivity index (χ3n) is 2.74. The lowest BCUT2D eigenvalue weighted by molar-refractivity contribution is 0.174. The van der Waals surface area contributed by atoms with E-state index in [1.807, 2.05) is 25.1 Å². The first kappa shape index (κ1) is 11.5. The Hall–Kier alpha value is -2.54. The molecule has 7 heteroatoms. The summed E-state index contributed by atoms with van der Waals surface area (Å²) in [5.41, 5.74) is 4.18. The summed E-state index contributed by atoms with van der Waals surface area (Å²) < 4.78 is 10.6. The molecule has 3 rings (SSSR count). The van der Waals surface area contributed by atoms with E-state index in [0.29, 0.717) is 17.5 Å². The molecule has 19 heavy (non-hydrogen) atoms. The number of rotatable bonds is 3. The molecule has 1 aliphatic heterocycles. The first-order valence-corrected chi connectivity index (χ1v) is 5.73. The van der Waals surface area contributed by atoms with Crippen LogP contribution in [0.15, 0.2) is 24.4 Å². The van der Waals surface area contributed by atoms with Gasteiger partial charge in [0.2, 0.25) is 12.7 Å². The van der Waals surface area contributed by atoms with Gasteiger partial charge >= 0.3 is 0 Å². The van der Waals surface area contributed by atoms with Crippen LogP contribution in [0, 0.1) is 6.92 Å². The van der Waals surface area contributed by atoms with E-state index in [9.17, 15) is 0 Å². The highest BCUT2D eigenvalue weighted by Crippen LogP contribution is 2.35. The highest BCUT2D eigenvalue weighted by Gasteiger charge is 2.13. The van der Waals surface area contributed by atoms with E-state index in [1.165, 1.54) is 0 Å². The van der Waals surface area contributed by atoms with Crippen LogP contribution >= 0.6 is 0 Å². The van der Waals surface area contributed by atoms with Gasteiger partial charge in [-0.1, -0.05) is 0 Å². The number of nitrogens with one attached hydrogen (secondary N) is 2. The lowest BCUT2D eigenvalue weighted by Gasteiger charge is -2.10. The third kappa shape index (κ3) is 2.23. The average molecular weight is 259 g/mol. The van der Waals surface area contributed by atoms with Crippen molar-refractivity contribution in [1.29, 1.82) is 0 Å². The van der Waals surface area contributed by atoms with Gasteiger partial charge in [-0.05, 0) is 19.1 Å². The number of aryl methyl sites for hydroxylation is 1. The fourth-order valence-electron chi connectivity index (χ4n) is 1.75. The van der Waals surface area contributed by atoms with E-state index < -0.39 is 0 Å². The normalized spacial score (nSPS) is 12.3. The van der Waals surface area contributed by atoms with Gasteiger partial charge in [-0.2, -0.15) is 4.98 Å². The summed E-state index contributed by atoms with van der Waals surface area (Å²) in [6.07, 6.45) is 1.69. The Morgan fingerprint density at radius 3 is 2.95 bits per heavy atom. The second kappa shape index (κ2) is 4.62. The number of aromatic nitrogens is 2. The molecule has 0 fully saturated rings. The largest absolute Gasteiger partial charge is 0.454 e. The molecule has 0 amide bonds. The van der Waals surface area contributed by atoms with Crippen LogP contribution < -0.4 is 26.1 Å². The summed E-state index contributed by atoms with van der Waals surface area (Å²) in [6, 6.07) is 5.60. The predicted molar refractivity (Wildman–Crippen MR) is 70.4 cm³/mol. The van der Waals surface area contributed by atoms with Crippen molar-refractivity contribution in [1.82, 2.24) is 9.97 Å². The molecule has 2 aromatic rings. The highest BCUT2D eigenvalue weighted by molar-refractivity contribution is 5.64. The molecule has 1 aromatic heterocycles. The Kier molecular flexibility index (Phi) is 2.81. The lowest BCUT2D eigenvalue weighted by Crippen LogP contribution is -2.11. The van der Waals surface area contributed by atoms with E-state index in [0.717, 1.165) is 17.0 Å². The van der Waals surface area contributed by atoms with E-state index in [-0.39, 0.29) is 6.79 Å². The average Bonchev–Trinajstić information content (AvgIpc) is 2.89. The fourth-order valence-corrected chi connectivity index (χ4v) is 1.75. The zero-order chi connectivity index (χ0) is 13.2. The summed E-state index contributed by atoms with van der Waals surface area (Å²) in [5, 5.41) is 3.19. The van der Waals surface area contributed by atoms with Gasteiger partial charge in [0.25, 0.3) is 0 Å². The minimum absolute atomic E-state index is 0.257. The number of hydrogen-bond donors (Lipinski definition) is 3. The van der Waals surface area contributed by atoms with Crippen LogP contribution in [-0.4, -0.2) is 16.8 Å². The second-order valence-corrected chi connectivity index (χ2v) is 4.06. The number of fused-ring (bicyclic) bond motifs is 1. The summed E-state index contributed by atoms with van der Waals surface area (Å²) in [7, 11) is 0. The molecular formula is C12H13N5O2. The molecule has 0 atom stereocenters. The van der Waals surface area contributed by atoms with E-state index in [1.54, 1.807) is 6.20 Å². The first-order chi connectivity index (χ1) is 9.26. The maximum atomic E-state index is 5.32. The molecule has 0 spiro atoms. The number of anilines is 3. The van der Waals surface area contributed by atoms with E-state index in [4.69, 9.17) is 15.3 Å². The van der Waals surface area contributed by atoms with E-state index >= 15 is 0 Å². The maximum absolute atomic E-state index is 5.32. The summed E-state index contributed by atoms with van der Waals surface area (Å²) in [5.74, 6) is 7.80. The first-order valence-electron chi connectivity index (χ1n) is 5.73. The minimum Gasteiger partial charge on any atom is -0.454 e. The summed E-state index contributed by atoms with van der Waals surface area (Å²) in [4.78, 5) is 8.27. The quantitative estimate of drug-likeness (QED) is 0.568. The molecule has 0 bridgehead atoms. The summed E-state index contributed by atoms with van der Waals surface area (Å²) in [6.45, 7) is 2.17. The zero-order valence-corrected chi connectivity index (χ0v) is 10.3. The van der Waals surface area contributed by atoms with Crippen molar-refractivity contribution < 1.29 is 9.47 Å². The van der Waals surface area contributed by atoms with E-state index in [2.05, 4.69) is 20.7 Å². The zero-order valence-electron chi connectivity index (χ0n) is 10.3. The smallest absolute Gasteiger partial charge is 0.239 e. The van der Waals surface area contributed by atoms with Crippen molar-refractivity contribution in [2.75, 3.05) is 17.5 Å². The van der Waals surface area contributed by atoms with Gasteiger partial charge in [-0.3, -0.25) is 5.43 Å². The third-order valence-corrected chi connectivity index (χ3v) is 2.74. The van der Waals surface area contributed by atoms with Gasteiger partial charge in [0, 0.05) is 23.5 Å². The van der Waals surface area contributed by atoms with Crippen molar-refractivity contribution in [3.63, 3.8) is 0 Å². The van der Waals surface area contributed by atoms with Crippen molar-refractivity contribution in [3.8, 4) is 11.5 Å². The number of ether oxygens (including phenoxy) is 2. The molecule has 1 aromatic carbocycles. The van der Waals surface area contributed by atoms with Gasteiger partial charge in [0.05, 0.1) is 0 Å². The van der Waals surface area contributed by atoms with Gasteiger partial charge in [-0.25, -0.2) is 10.8 Å². The number of nitrogens with two attached hydrogens (primary N) is 1. The molecule has 98 valence electrons. The highest BCUT2D eigenvalue weighted by atomic mass is 16.7. The Morgan fingerprint density at radius 1 is 1.26 bits per heavy atom. The van der Waals surface area contributed by atoms with Crippen LogP contribution in [0.4, 0.5) is 17.5 Å². The van der Waals surface area contributed by atoms with Gasteiger partial charge in [-0.15, -0.1) is 0 Å². The number of hydrogen-bond acceptors (Lipinski definition) is 7. The lowest BCUT2D eigenvalue weighted by atomic mass is 10.2. The molecule has 7 nitrogen and oxygen atoms in total. The van der Waals surface area contributed by atoms with Crippen molar-refractivity contribution in [2.45, 2.75) is 6.92 Å². The molecule has 0 aliphatic carbocycles. The van der Waals surface area contributed by atoms with Crippen LogP contribution in [0.25, 0.3) is 0 Å². The van der Waals surface area contributed by atoms with Crippen molar-refractivity contribution >= 4 is 17.5 Å². The molecule has 1 aliphatic rings. The minimum atomic E-state index is 0.257. The Morgan fingerprint density at radius 2 is 2.11 bits per heavy atom. The molecular weight excluding hydrogens is 246 g/mol. The second-order valence-electron chi connectivity index (χ2n) is 4.06. The number of nitrogen functional groups attached to an aromatic ring is 1. The van der Waals surface area contributed by atoms with Crippen LogP contribution in [0.1, 0.15) is 5.56 Å². The number of hydrazine groups is 1. The SMILES string of the molecule is Cc1cnc(NN)nc1Nc1ccc2c(c1)OCO2. The fraction of sp³-hybridized carbons (Fsp3) is 0.167. The van der Waals surface area contributed by atoms with Crippen molar-refractivity contribution in [2.24, 2.45) is 5.84 Å². The molecule has 0 radical (unpaired) electrons. The van der Waals surface area contributed by atoms with Gasteiger partial charge in [0.15, 0.2) is 11.5 Å². The number of nitrogens with zero attached hydrogens (tertiary/aromatic N) is 2. The monoisotopic (exact) mass is 259 g/mol. The van der Waals surface area contributed by atoms with Gasteiger partial charge in [0.1, 0.15) is 5.82 Å². The molecule has 0 unspecified atom stereocenters. The Bertz CT molecular complexity index is 617. The molecule has 2 heterocycles. The Balaban J connectivity index is 1.88. The standard InChI is InChI=1S/C12H13N5O2/c1-7-5-14-12(17-13)16-11(7)15-8-2-3-9-10(4-8)19-6-18-9/h2-5H,6,13H2,1H3,(H2,14,15,16,17). The van der Waals surface area contributed by atoms with Crippen molar-refractivity contribution in [3.05, 3.63) is 30.0 Å². The topological polar surface area (TPSA) is 94.3 Å². The molecule has 0 saturated heterocycles. The molecule has 0 saturated carbocycles. The van der Waals surface area contributed by atoms with Crippen LogP contribution in [-0.2, 0) is 0 Å². The van der Waals surface area contributed by atoms with Crippen LogP contribution in [0.5, 0.6) is 11.5 Å². The summed E-state index contributed by atoms with van der Waals surface area (Å²) >= 11 is 0. The number of benzene rings is 1. The maximum Gasteiger partial charge on any atom is 0.239 e. The molecule has 4 N–H and O–H groups in total. The van der Waals surface area contributed by atoms with Crippen LogP contribution in [0.2, 0.25) is 0 Å².